The summed E-state index contributed by atoms with van der Waals surface area (Å²) < 4.78 is 26.3. The van der Waals surface area contributed by atoms with Crippen LogP contribution >= 0.6 is 11.8 Å². The predicted octanol–water partition coefficient (Wildman–Crippen LogP) is 4.01. The molecule has 0 fully saturated rings. The van der Waals surface area contributed by atoms with Gasteiger partial charge in [-0.2, -0.15) is 0 Å². The smallest absolute Gasteiger partial charge is 0.150 e. The van der Waals surface area contributed by atoms with E-state index in [-0.39, 0.29) is 5.69 Å². The lowest BCUT2D eigenvalue weighted by molar-refractivity contribution is 0.581. The number of rotatable bonds is 2. The van der Waals surface area contributed by atoms with Gasteiger partial charge in [0.15, 0.2) is 0 Å². The van der Waals surface area contributed by atoms with Gasteiger partial charge in [0.05, 0.1) is 5.69 Å². The van der Waals surface area contributed by atoms with Gasteiger partial charge in [-0.1, -0.05) is 29.5 Å². The Hall–Kier alpha value is -1.55. The molecule has 2 aromatic rings. The van der Waals surface area contributed by atoms with Crippen molar-refractivity contribution < 1.29 is 8.78 Å². The summed E-state index contributed by atoms with van der Waals surface area (Å²) in [7, 11) is 0. The lowest BCUT2D eigenvalue weighted by Crippen LogP contribution is -1.94. The molecule has 2 rings (SSSR count). The molecular weight excluding hydrogens is 240 g/mol. The third-order valence-corrected chi connectivity index (χ3v) is 3.37. The van der Waals surface area contributed by atoms with Crippen LogP contribution in [0.3, 0.4) is 0 Å². The lowest BCUT2D eigenvalue weighted by Gasteiger charge is -2.06. The first kappa shape index (κ1) is 11.9. The van der Waals surface area contributed by atoms with Gasteiger partial charge in [0.1, 0.15) is 11.6 Å². The molecule has 4 heteroatoms. The highest BCUT2D eigenvalue weighted by Crippen LogP contribution is 2.34. The molecule has 0 unspecified atom stereocenters. The molecule has 1 nitrogen and oxygen atoms in total. The zero-order valence-electron chi connectivity index (χ0n) is 9.21. The molecule has 0 aliphatic heterocycles. The van der Waals surface area contributed by atoms with Gasteiger partial charge in [0.25, 0.3) is 0 Å². The fourth-order valence-corrected chi connectivity index (χ4v) is 2.28. The number of nitrogen functional groups attached to an aromatic ring is 1. The Morgan fingerprint density at radius 1 is 1.06 bits per heavy atom. The average molecular weight is 251 g/mol. The molecule has 0 atom stereocenters. The molecule has 88 valence electrons. The van der Waals surface area contributed by atoms with Crippen LogP contribution in [-0.2, 0) is 0 Å². The van der Waals surface area contributed by atoms with Crippen LogP contribution < -0.4 is 5.73 Å². The first-order chi connectivity index (χ1) is 8.06. The molecule has 2 N–H and O–H groups in total. The Labute approximate surface area is 103 Å². The monoisotopic (exact) mass is 251 g/mol. The molecule has 0 saturated heterocycles. The summed E-state index contributed by atoms with van der Waals surface area (Å²) in [6.45, 7) is 1.98. The van der Waals surface area contributed by atoms with Crippen LogP contribution in [0.2, 0.25) is 0 Å². The highest BCUT2D eigenvalue weighted by atomic mass is 32.2. The zero-order chi connectivity index (χ0) is 12.4. The van der Waals surface area contributed by atoms with E-state index in [1.165, 1.54) is 17.8 Å². The van der Waals surface area contributed by atoms with Crippen LogP contribution in [-0.4, -0.2) is 0 Å². The van der Waals surface area contributed by atoms with E-state index in [4.69, 9.17) is 5.73 Å². The number of anilines is 1. The Bertz CT molecular complexity index is 538. The van der Waals surface area contributed by atoms with E-state index >= 15 is 0 Å². The molecule has 0 aliphatic carbocycles. The van der Waals surface area contributed by atoms with Crippen LogP contribution in [0.25, 0.3) is 0 Å². The maximum Gasteiger partial charge on any atom is 0.150 e. The highest BCUT2D eigenvalue weighted by Gasteiger charge is 2.09. The van der Waals surface area contributed by atoms with Gasteiger partial charge in [-0.15, -0.1) is 0 Å². The lowest BCUT2D eigenvalue weighted by atomic mass is 10.2. The van der Waals surface area contributed by atoms with Gasteiger partial charge < -0.3 is 5.73 Å². The van der Waals surface area contributed by atoms with Gasteiger partial charge in [-0.25, -0.2) is 8.78 Å². The second kappa shape index (κ2) is 4.75. The number of aryl methyl sites for hydroxylation is 1. The van der Waals surface area contributed by atoms with Gasteiger partial charge in [0, 0.05) is 15.9 Å². The molecule has 0 heterocycles. The summed E-state index contributed by atoms with van der Waals surface area (Å²) in [4.78, 5) is 1.29. The van der Waals surface area contributed by atoms with Crippen LogP contribution in [0.1, 0.15) is 5.56 Å². The van der Waals surface area contributed by atoms with Crippen LogP contribution in [0, 0.1) is 18.6 Å². The third-order valence-electron chi connectivity index (χ3n) is 2.31. The molecule has 0 radical (unpaired) electrons. The molecule has 0 amide bonds. The maximum absolute atomic E-state index is 13.2. The molecule has 17 heavy (non-hydrogen) atoms. The SMILES string of the molecule is Cc1ccc(Sc2cc(F)cc(F)c2N)cc1. The number of nitrogens with two attached hydrogens (primary N) is 1. The number of benzene rings is 2. The minimum absolute atomic E-state index is 0.0167. The van der Waals surface area contributed by atoms with Crippen molar-refractivity contribution in [3.05, 3.63) is 53.6 Å². The van der Waals surface area contributed by atoms with E-state index in [0.29, 0.717) is 4.90 Å². The average Bonchev–Trinajstić information content (AvgIpc) is 2.28. The highest BCUT2D eigenvalue weighted by molar-refractivity contribution is 7.99. The van der Waals surface area contributed by atoms with Crippen LogP contribution in [0.5, 0.6) is 0 Å². The van der Waals surface area contributed by atoms with Crippen molar-refractivity contribution in [2.75, 3.05) is 5.73 Å². The first-order valence-electron chi connectivity index (χ1n) is 5.05. The summed E-state index contributed by atoms with van der Waals surface area (Å²) in [5.74, 6) is -1.34. The number of halogens is 2. The summed E-state index contributed by atoms with van der Waals surface area (Å²) >= 11 is 1.25. The van der Waals surface area contributed by atoms with E-state index in [1.54, 1.807) is 0 Å². The summed E-state index contributed by atoms with van der Waals surface area (Å²) in [6.07, 6.45) is 0. The van der Waals surface area contributed by atoms with Gasteiger partial charge in [0.2, 0.25) is 0 Å². The summed E-state index contributed by atoms with van der Waals surface area (Å²) in [5.41, 5.74) is 6.68. The molecule has 2 aromatic carbocycles. The van der Waals surface area contributed by atoms with Crippen molar-refractivity contribution in [3.63, 3.8) is 0 Å². The van der Waals surface area contributed by atoms with E-state index in [2.05, 4.69) is 0 Å². The fraction of sp³-hybridized carbons (Fsp3) is 0.0769. The molecular formula is C13H11F2NS. The second-order valence-electron chi connectivity index (χ2n) is 3.71. The molecule has 0 bridgehead atoms. The minimum Gasteiger partial charge on any atom is -0.395 e. The van der Waals surface area contributed by atoms with Crippen LogP contribution in [0.4, 0.5) is 14.5 Å². The van der Waals surface area contributed by atoms with Crippen molar-refractivity contribution in [1.29, 1.82) is 0 Å². The Morgan fingerprint density at radius 2 is 1.71 bits per heavy atom. The largest absolute Gasteiger partial charge is 0.395 e. The third kappa shape index (κ3) is 2.77. The zero-order valence-corrected chi connectivity index (χ0v) is 10.0. The second-order valence-corrected chi connectivity index (χ2v) is 4.83. The number of hydrogen-bond acceptors (Lipinski definition) is 2. The van der Waals surface area contributed by atoms with Gasteiger partial charge in [-0.05, 0) is 25.1 Å². The fourth-order valence-electron chi connectivity index (χ4n) is 1.38. The van der Waals surface area contributed by atoms with Gasteiger partial charge >= 0.3 is 0 Å². The Morgan fingerprint density at radius 3 is 2.35 bits per heavy atom. The molecule has 0 spiro atoms. The van der Waals surface area contributed by atoms with Gasteiger partial charge in [-0.3, -0.25) is 0 Å². The summed E-state index contributed by atoms with van der Waals surface area (Å²) in [6, 6.07) is 9.68. The maximum atomic E-state index is 13.2. The first-order valence-corrected chi connectivity index (χ1v) is 5.87. The quantitative estimate of drug-likeness (QED) is 0.816. The standard InChI is InChI=1S/C13H11F2NS/c1-8-2-4-10(5-3-8)17-12-7-9(14)6-11(15)13(12)16/h2-7H,16H2,1H3. The molecule has 0 aromatic heterocycles. The van der Waals surface area contributed by atoms with E-state index in [0.717, 1.165) is 16.5 Å². The normalized spacial score (nSPS) is 10.5. The van der Waals surface area contributed by atoms with Crippen molar-refractivity contribution in [1.82, 2.24) is 0 Å². The summed E-state index contributed by atoms with van der Waals surface area (Å²) in [5, 5.41) is 0. The van der Waals surface area contributed by atoms with Crippen molar-refractivity contribution in [2.45, 2.75) is 16.7 Å². The van der Waals surface area contributed by atoms with Crippen molar-refractivity contribution in [2.24, 2.45) is 0 Å². The minimum atomic E-state index is -0.723. The predicted molar refractivity (Wildman–Crippen MR) is 66.1 cm³/mol. The topological polar surface area (TPSA) is 26.0 Å². The van der Waals surface area contributed by atoms with E-state index < -0.39 is 11.6 Å². The van der Waals surface area contributed by atoms with E-state index in [9.17, 15) is 8.78 Å². The number of hydrogen-bond donors (Lipinski definition) is 1. The Kier molecular flexibility index (Phi) is 3.33. The van der Waals surface area contributed by atoms with Crippen molar-refractivity contribution in [3.8, 4) is 0 Å². The van der Waals surface area contributed by atoms with E-state index in [1.807, 2.05) is 31.2 Å². The Balaban J connectivity index is 2.32. The van der Waals surface area contributed by atoms with Crippen LogP contribution in [0.15, 0.2) is 46.2 Å². The van der Waals surface area contributed by atoms with Crippen molar-refractivity contribution >= 4 is 17.4 Å². The molecule has 0 aliphatic rings. The molecule has 0 saturated carbocycles.